The van der Waals surface area contributed by atoms with Crippen molar-refractivity contribution in [2.24, 2.45) is 5.73 Å². The Hall–Kier alpha value is -1.56. The summed E-state index contributed by atoms with van der Waals surface area (Å²) in [6.45, 7) is 1.54. The Balaban J connectivity index is 0.00000144. The van der Waals surface area contributed by atoms with Crippen molar-refractivity contribution in [2.75, 3.05) is 13.1 Å². The SMILES string of the molecule is Cl.Cl.NC(Cc1ccccc1)C(=O)N1CCC(n2ccnc2)CC1. The molecule has 0 bridgehead atoms. The van der Waals surface area contributed by atoms with Crippen molar-refractivity contribution in [3.8, 4) is 0 Å². The molecule has 1 aliphatic rings. The van der Waals surface area contributed by atoms with Crippen molar-refractivity contribution < 1.29 is 4.79 Å². The van der Waals surface area contributed by atoms with Crippen molar-refractivity contribution in [3.63, 3.8) is 0 Å². The Morgan fingerprint density at radius 1 is 1.21 bits per heavy atom. The van der Waals surface area contributed by atoms with E-state index in [-0.39, 0.29) is 30.7 Å². The lowest BCUT2D eigenvalue weighted by molar-refractivity contribution is -0.133. The first kappa shape index (κ1) is 20.5. The molecule has 1 aromatic heterocycles. The zero-order chi connectivity index (χ0) is 15.4. The molecule has 7 heteroatoms. The van der Waals surface area contributed by atoms with Gasteiger partial charge in [0.05, 0.1) is 12.4 Å². The van der Waals surface area contributed by atoms with Gasteiger partial charge in [0.25, 0.3) is 0 Å². The van der Waals surface area contributed by atoms with Crippen LogP contribution < -0.4 is 5.73 Å². The Labute approximate surface area is 155 Å². The van der Waals surface area contributed by atoms with E-state index >= 15 is 0 Å². The maximum Gasteiger partial charge on any atom is 0.239 e. The van der Waals surface area contributed by atoms with Crippen LogP contribution in [0.2, 0.25) is 0 Å². The highest BCUT2D eigenvalue weighted by Gasteiger charge is 2.26. The molecule has 5 nitrogen and oxygen atoms in total. The van der Waals surface area contributed by atoms with Crippen LogP contribution in [0, 0.1) is 0 Å². The number of imidazole rings is 1. The van der Waals surface area contributed by atoms with Gasteiger partial charge in [-0.2, -0.15) is 0 Å². The van der Waals surface area contributed by atoms with Gasteiger partial charge in [0, 0.05) is 31.5 Å². The molecule has 132 valence electrons. The van der Waals surface area contributed by atoms with Crippen LogP contribution >= 0.6 is 24.8 Å². The van der Waals surface area contributed by atoms with Gasteiger partial charge in [-0.25, -0.2) is 4.98 Å². The Kier molecular flexibility index (Phi) is 8.25. The number of benzene rings is 1. The van der Waals surface area contributed by atoms with E-state index in [1.165, 1.54) is 0 Å². The largest absolute Gasteiger partial charge is 0.341 e. The van der Waals surface area contributed by atoms with Gasteiger partial charge in [-0.3, -0.25) is 4.79 Å². The monoisotopic (exact) mass is 370 g/mol. The van der Waals surface area contributed by atoms with Gasteiger partial charge in [-0.05, 0) is 24.8 Å². The molecule has 1 amide bonds. The molecule has 1 saturated heterocycles. The molecule has 1 atom stereocenters. The highest BCUT2D eigenvalue weighted by atomic mass is 35.5. The van der Waals surface area contributed by atoms with E-state index in [1.54, 1.807) is 6.20 Å². The number of amides is 1. The maximum absolute atomic E-state index is 12.5. The number of nitrogens with two attached hydrogens (primary N) is 1. The quantitative estimate of drug-likeness (QED) is 0.898. The van der Waals surface area contributed by atoms with Crippen molar-refractivity contribution in [2.45, 2.75) is 31.3 Å². The molecule has 0 saturated carbocycles. The van der Waals surface area contributed by atoms with Crippen molar-refractivity contribution in [1.29, 1.82) is 0 Å². The third-order valence-corrected chi connectivity index (χ3v) is 4.34. The lowest BCUT2D eigenvalue weighted by Crippen LogP contribution is -2.48. The molecule has 2 heterocycles. The summed E-state index contributed by atoms with van der Waals surface area (Å²) in [5.74, 6) is 0.0629. The average Bonchev–Trinajstić information content (AvgIpc) is 3.10. The van der Waals surface area contributed by atoms with Crippen LogP contribution in [0.15, 0.2) is 49.1 Å². The summed E-state index contributed by atoms with van der Waals surface area (Å²) in [5, 5.41) is 0. The lowest BCUT2D eigenvalue weighted by atomic mass is 10.0. The summed E-state index contributed by atoms with van der Waals surface area (Å²) in [7, 11) is 0. The fourth-order valence-corrected chi connectivity index (χ4v) is 3.06. The standard InChI is InChI=1S/C17H22N4O.2ClH/c18-16(12-14-4-2-1-3-5-14)17(22)20-9-6-15(7-10-20)21-11-8-19-13-21;;/h1-5,8,11,13,15-16H,6-7,9-10,12,18H2;2*1H. The van der Waals surface area contributed by atoms with Crippen molar-refractivity contribution >= 4 is 30.7 Å². The summed E-state index contributed by atoms with van der Waals surface area (Å²) in [6, 6.07) is 9.94. The van der Waals surface area contributed by atoms with Crippen LogP contribution in [0.4, 0.5) is 0 Å². The summed E-state index contributed by atoms with van der Waals surface area (Å²) in [5.41, 5.74) is 7.21. The number of halogens is 2. The topological polar surface area (TPSA) is 64.2 Å². The van der Waals surface area contributed by atoms with Crippen molar-refractivity contribution in [3.05, 3.63) is 54.6 Å². The summed E-state index contributed by atoms with van der Waals surface area (Å²) in [6.07, 6.45) is 8.15. The zero-order valence-corrected chi connectivity index (χ0v) is 15.1. The Bertz CT molecular complexity index is 598. The Morgan fingerprint density at radius 2 is 1.88 bits per heavy atom. The molecule has 1 unspecified atom stereocenters. The van der Waals surface area contributed by atoms with Crippen LogP contribution in [0.5, 0.6) is 0 Å². The number of nitrogens with zero attached hydrogens (tertiary/aromatic N) is 3. The summed E-state index contributed by atoms with van der Waals surface area (Å²) < 4.78 is 2.13. The first-order valence-electron chi connectivity index (χ1n) is 7.80. The van der Waals surface area contributed by atoms with Crippen molar-refractivity contribution in [1.82, 2.24) is 14.5 Å². The van der Waals surface area contributed by atoms with Gasteiger partial charge in [0.15, 0.2) is 0 Å². The zero-order valence-electron chi connectivity index (χ0n) is 13.5. The van der Waals surface area contributed by atoms with Gasteiger partial charge in [-0.15, -0.1) is 24.8 Å². The molecule has 1 aromatic carbocycles. The fraction of sp³-hybridized carbons (Fsp3) is 0.412. The maximum atomic E-state index is 12.5. The number of hydrogen-bond acceptors (Lipinski definition) is 3. The average molecular weight is 371 g/mol. The molecular formula is C17H24Cl2N4O. The molecule has 0 radical (unpaired) electrons. The van der Waals surface area contributed by atoms with E-state index in [4.69, 9.17) is 5.73 Å². The number of piperidine rings is 1. The van der Waals surface area contributed by atoms with Gasteiger partial charge < -0.3 is 15.2 Å². The Morgan fingerprint density at radius 3 is 2.46 bits per heavy atom. The fourth-order valence-electron chi connectivity index (χ4n) is 3.06. The molecule has 0 aliphatic carbocycles. The molecule has 2 N–H and O–H groups in total. The summed E-state index contributed by atoms with van der Waals surface area (Å²) in [4.78, 5) is 18.5. The van der Waals surface area contributed by atoms with E-state index in [0.29, 0.717) is 12.5 Å². The van der Waals surface area contributed by atoms with Gasteiger partial charge in [-0.1, -0.05) is 30.3 Å². The molecule has 3 rings (SSSR count). The van der Waals surface area contributed by atoms with E-state index in [1.807, 2.05) is 47.8 Å². The van der Waals surface area contributed by atoms with Gasteiger partial charge in [0.1, 0.15) is 0 Å². The normalized spacial score (nSPS) is 16.0. The second kappa shape index (κ2) is 9.67. The van der Waals surface area contributed by atoms with E-state index in [9.17, 15) is 4.79 Å². The van der Waals surface area contributed by atoms with Crippen LogP contribution in [-0.4, -0.2) is 39.5 Å². The second-order valence-electron chi connectivity index (χ2n) is 5.86. The molecule has 1 fully saturated rings. The number of rotatable bonds is 4. The van der Waals surface area contributed by atoms with E-state index in [2.05, 4.69) is 9.55 Å². The second-order valence-corrected chi connectivity index (χ2v) is 5.86. The lowest BCUT2D eigenvalue weighted by Gasteiger charge is -2.34. The van der Waals surface area contributed by atoms with E-state index in [0.717, 1.165) is 31.5 Å². The molecule has 1 aliphatic heterocycles. The van der Waals surface area contributed by atoms with Crippen LogP contribution in [0.3, 0.4) is 0 Å². The highest BCUT2D eigenvalue weighted by Crippen LogP contribution is 2.22. The molecular weight excluding hydrogens is 347 g/mol. The number of aromatic nitrogens is 2. The summed E-state index contributed by atoms with van der Waals surface area (Å²) >= 11 is 0. The number of carbonyl (C=O) groups is 1. The van der Waals surface area contributed by atoms with Gasteiger partial charge in [0.2, 0.25) is 5.91 Å². The third kappa shape index (κ3) is 4.97. The highest BCUT2D eigenvalue weighted by molar-refractivity contribution is 5.85. The molecule has 2 aromatic rings. The van der Waals surface area contributed by atoms with Crippen LogP contribution in [0.1, 0.15) is 24.4 Å². The smallest absolute Gasteiger partial charge is 0.239 e. The van der Waals surface area contributed by atoms with E-state index < -0.39 is 6.04 Å². The number of likely N-dealkylation sites (tertiary alicyclic amines) is 1. The minimum atomic E-state index is -0.452. The minimum Gasteiger partial charge on any atom is -0.341 e. The third-order valence-electron chi connectivity index (χ3n) is 4.34. The van der Waals surface area contributed by atoms with Gasteiger partial charge >= 0.3 is 0 Å². The molecule has 24 heavy (non-hydrogen) atoms. The number of carbonyl (C=O) groups excluding carboxylic acids is 1. The van der Waals surface area contributed by atoms with Crippen LogP contribution in [-0.2, 0) is 11.2 Å². The first-order valence-corrected chi connectivity index (χ1v) is 7.80. The molecule has 0 spiro atoms. The predicted octanol–water partition coefficient (Wildman–Crippen LogP) is 2.46. The predicted molar refractivity (Wildman–Crippen MR) is 99.7 cm³/mol. The van der Waals surface area contributed by atoms with Crippen LogP contribution in [0.25, 0.3) is 0 Å². The minimum absolute atomic E-state index is 0. The first-order chi connectivity index (χ1) is 10.7. The number of hydrogen-bond donors (Lipinski definition) is 1.